The van der Waals surface area contributed by atoms with Crippen LogP contribution in [0.15, 0.2) is 128 Å². The van der Waals surface area contributed by atoms with Gasteiger partial charge in [-0.05, 0) is 70.6 Å². The molecule has 0 unspecified atom stereocenters. The predicted octanol–water partition coefficient (Wildman–Crippen LogP) is 8.53. The number of hydrogen-bond acceptors (Lipinski definition) is 6. The summed E-state index contributed by atoms with van der Waals surface area (Å²) in [5, 5.41) is 2.32. The molecular weight excluding hydrogens is 674 g/mol. The summed E-state index contributed by atoms with van der Waals surface area (Å²) in [6.07, 6.45) is 0.161. The Bertz CT molecular complexity index is 2010. The molecule has 260 valence electrons. The smallest absolute Gasteiger partial charge is 0.315 e. The number of rotatable bonds is 15. The van der Waals surface area contributed by atoms with Crippen molar-refractivity contribution in [2.45, 2.75) is 33.0 Å². The highest BCUT2D eigenvalue weighted by atomic mass is 35.5. The SMILES string of the molecule is C=CC(=C)COc1ccc(C(=O)N(Cc2ccc(CNC(=O)C(F)F)cc2)c2ccc(-c3nc(Cl)ncc3C)cc2)c(OCc2ccccc2)c1. The van der Waals surface area contributed by atoms with E-state index in [9.17, 15) is 18.4 Å². The molecule has 51 heavy (non-hydrogen) atoms. The fraction of sp³-hybridized carbons (Fsp3) is 0.150. The lowest BCUT2D eigenvalue weighted by atomic mass is 10.1. The van der Waals surface area contributed by atoms with Crippen LogP contribution in [0.3, 0.4) is 0 Å². The van der Waals surface area contributed by atoms with Crippen LogP contribution in [0.1, 0.15) is 32.6 Å². The first-order valence-corrected chi connectivity index (χ1v) is 16.3. The van der Waals surface area contributed by atoms with Crippen molar-refractivity contribution >= 4 is 29.1 Å². The van der Waals surface area contributed by atoms with Gasteiger partial charge < -0.3 is 19.7 Å². The van der Waals surface area contributed by atoms with Gasteiger partial charge in [-0.3, -0.25) is 9.59 Å². The molecule has 1 heterocycles. The van der Waals surface area contributed by atoms with Crippen molar-refractivity contribution in [1.29, 1.82) is 0 Å². The molecule has 8 nitrogen and oxygen atoms in total. The van der Waals surface area contributed by atoms with Crippen LogP contribution in [0.5, 0.6) is 11.5 Å². The summed E-state index contributed by atoms with van der Waals surface area (Å²) < 4.78 is 37.5. The van der Waals surface area contributed by atoms with Crippen molar-refractivity contribution < 1.29 is 27.8 Å². The zero-order valence-electron chi connectivity index (χ0n) is 27.8. The van der Waals surface area contributed by atoms with E-state index in [4.69, 9.17) is 21.1 Å². The summed E-state index contributed by atoms with van der Waals surface area (Å²) >= 11 is 6.08. The van der Waals surface area contributed by atoms with E-state index in [-0.39, 0.29) is 37.5 Å². The van der Waals surface area contributed by atoms with Crippen molar-refractivity contribution in [3.63, 3.8) is 0 Å². The summed E-state index contributed by atoms with van der Waals surface area (Å²) in [6.45, 7) is 10.0. The molecule has 1 aromatic heterocycles. The Hall–Kier alpha value is -5.87. The summed E-state index contributed by atoms with van der Waals surface area (Å²) in [5.74, 6) is -0.876. The molecule has 0 aliphatic carbocycles. The molecule has 11 heteroatoms. The van der Waals surface area contributed by atoms with E-state index < -0.39 is 12.3 Å². The van der Waals surface area contributed by atoms with Crippen molar-refractivity contribution in [3.8, 4) is 22.8 Å². The van der Waals surface area contributed by atoms with Gasteiger partial charge in [0.05, 0.1) is 17.8 Å². The molecule has 0 radical (unpaired) electrons. The number of amides is 2. The number of hydrogen-bond donors (Lipinski definition) is 1. The minimum atomic E-state index is -3.10. The quantitative estimate of drug-likeness (QED) is 0.0866. The molecular formula is C40H35ClF2N4O4. The summed E-state index contributed by atoms with van der Waals surface area (Å²) in [5.41, 5.74) is 6.17. The first-order valence-electron chi connectivity index (χ1n) is 15.9. The number of aryl methyl sites for hydroxylation is 1. The van der Waals surface area contributed by atoms with Crippen molar-refractivity contribution in [2.24, 2.45) is 0 Å². The van der Waals surface area contributed by atoms with Gasteiger partial charge in [-0.1, -0.05) is 86.0 Å². The van der Waals surface area contributed by atoms with Gasteiger partial charge in [0, 0.05) is 30.1 Å². The lowest BCUT2D eigenvalue weighted by molar-refractivity contribution is -0.131. The van der Waals surface area contributed by atoms with E-state index in [0.717, 1.165) is 22.3 Å². The maximum Gasteiger partial charge on any atom is 0.315 e. The van der Waals surface area contributed by atoms with E-state index in [1.807, 2.05) is 61.5 Å². The second-order valence-corrected chi connectivity index (χ2v) is 11.9. The number of ether oxygens (including phenoxy) is 2. The number of nitrogens with zero attached hydrogens (tertiary/aromatic N) is 3. The van der Waals surface area contributed by atoms with Crippen LogP contribution in [-0.4, -0.2) is 34.8 Å². The lowest BCUT2D eigenvalue weighted by Gasteiger charge is -2.25. The third-order valence-corrected chi connectivity index (χ3v) is 7.98. The molecule has 0 saturated heterocycles. The molecule has 1 N–H and O–H groups in total. The molecule has 5 rings (SSSR count). The van der Waals surface area contributed by atoms with Gasteiger partial charge in [0.2, 0.25) is 5.28 Å². The van der Waals surface area contributed by atoms with Gasteiger partial charge in [0.25, 0.3) is 11.8 Å². The number of nitrogens with one attached hydrogen (secondary N) is 1. The standard InChI is InChI=1S/C40H35ClF2N4O4/c1-4-26(2)24-50-33-18-19-34(35(20-33)51-25-30-8-6-5-7-9-30)39(49)47(23-29-12-10-28(11-13-29)22-44-38(48)37(42)43)32-16-14-31(15-17-32)36-27(3)21-45-40(41)46-36/h4-21,37H,1-2,22-25H2,3H3,(H,44,48). The Kier molecular flexibility index (Phi) is 12.3. The minimum absolute atomic E-state index is 0.0588. The summed E-state index contributed by atoms with van der Waals surface area (Å²) in [4.78, 5) is 36.0. The average Bonchev–Trinajstić information content (AvgIpc) is 3.15. The molecule has 4 aromatic carbocycles. The van der Waals surface area contributed by atoms with Gasteiger partial charge in [-0.2, -0.15) is 8.78 Å². The Labute approximate surface area is 300 Å². The average molecular weight is 709 g/mol. The fourth-order valence-corrected chi connectivity index (χ4v) is 5.14. The maximum atomic E-state index is 14.6. The number of alkyl halides is 2. The first-order chi connectivity index (χ1) is 24.6. The molecule has 0 fully saturated rings. The van der Waals surface area contributed by atoms with Crippen molar-refractivity contribution in [1.82, 2.24) is 15.3 Å². The second-order valence-electron chi connectivity index (χ2n) is 11.5. The van der Waals surface area contributed by atoms with E-state index in [1.165, 1.54) is 0 Å². The van der Waals surface area contributed by atoms with E-state index in [0.29, 0.717) is 39.6 Å². The number of halogens is 3. The normalized spacial score (nSPS) is 10.8. The van der Waals surface area contributed by atoms with Crippen molar-refractivity contribution in [2.75, 3.05) is 11.5 Å². The highest BCUT2D eigenvalue weighted by Gasteiger charge is 2.23. The lowest BCUT2D eigenvalue weighted by Crippen LogP contribution is -2.31. The third kappa shape index (κ3) is 9.86. The topological polar surface area (TPSA) is 93.7 Å². The maximum absolute atomic E-state index is 14.6. The van der Waals surface area contributed by atoms with Crippen LogP contribution in [0, 0.1) is 6.92 Å². The molecule has 0 aliphatic rings. The predicted molar refractivity (Wildman–Crippen MR) is 194 cm³/mol. The Morgan fingerprint density at radius 1 is 0.941 bits per heavy atom. The van der Waals surface area contributed by atoms with Crippen LogP contribution >= 0.6 is 11.6 Å². The van der Waals surface area contributed by atoms with Crippen LogP contribution in [0.4, 0.5) is 14.5 Å². The second kappa shape index (κ2) is 17.2. The number of anilines is 1. The van der Waals surface area contributed by atoms with Gasteiger partial charge in [0.15, 0.2) is 0 Å². The highest BCUT2D eigenvalue weighted by molar-refractivity contribution is 6.28. The molecule has 0 saturated carbocycles. The highest BCUT2D eigenvalue weighted by Crippen LogP contribution is 2.31. The Morgan fingerprint density at radius 2 is 1.65 bits per heavy atom. The van der Waals surface area contributed by atoms with Gasteiger partial charge in [0.1, 0.15) is 24.7 Å². The van der Waals surface area contributed by atoms with Gasteiger partial charge in [-0.15, -0.1) is 0 Å². The molecule has 0 aliphatic heterocycles. The monoisotopic (exact) mass is 708 g/mol. The minimum Gasteiger partial charge on any atom is -0.489 e. The number of aromatic nitrogens is 2. The molecule has 0 bridgehead atoms. The number of carbonyl (C=O) groups is 2. The van der Waals surface area contributed by atoms with E-state index >= 15 is 0 Å². The first kappa shape index (κ1) is 36.4. The Balaban J connectivity index is 1.49. The molecule has 5 aromatic rings. The van der Waals surface area contributed by atoms with Crippen LogP contribution in [0.2, 0.25) is 5.28 Å². The zero-order chi connectivity index (χ0) is 36.3. The van der Waals surface area contributed by atoms with Crippen LogP contribution < -0.4 is 19.7 Å². The van der Waals surface area contributed by atoms with E-state index in [2.05, 4.69) is 28.4 Å². The number of carbonyl (C=O) groups excluding carboxylic acids is 2. The van der Waals surface area contributed by atoms with Gasteiger partial charge >= 0.3 is 6.43 Å². The summed E-state index contributed by atoms with van der Waals surface area (Å²) in [7, 11) is 0. The molecule has 0 atom stereocenters. The van der Waals surface area contributed by atoms with Crippen LogP contribution in [0.25, 0.3) is 11.3 Å². The third-order valence-electron chi connectivity index (χ3n) is 7.80. The van der Waals surface area contributed by atoms with Crippen LogP contribution in [-0.2, 0) is 24.5 Å². The fourth-order valence-electron chi connectivity index (χ4n) is 5.01. The van der Waals surface area contributed by atoms with E-state index in [1.54, 1.807) is 59.6 Å². The zero-order valence-corrected chi connectivity index (χ0v) is 28.6. The summed E-state index contributed by atoms with van der Waals surface area (Å²) in [6, 6.07) is 29.0. The van der Waals surface area contributed by atoms with Crippen molar-refractivity contribution in [3.05, 3.63) is 161 Å². The number of benzene rings is 4. The Morgan fingerprint density at radius 3 is 2.33 bits per heavy atom. The molecule has 2 amide bonds. The molecule has 0 spiro atoms. The van der Waals surface area contributed by atoms with Gasteiger partial charge in [-0.25, -0.2) is 9.97 Å². The largest absolute Gasteiger partial charge is 0.489 e.